The zero-order valence-electron chi connectivity index (χ0n) is 11.3. The first-order valence-corrected chi connectivity index (χ1v) is 6.58. The van der Waals surface area contributed by atoms with Gasteiger partial charge in [-0.05, 0) is 29.8 Å². The summed E-state index contributed by atoms with van der Waals surface area (Å²) in [4.78, 5) is 20.9. The summed E-state index contributed by atoms with van der Waals surface area (Å²) in [7, 11) is 0. The van der Waals surface area contributed by atoms with E-state index in [2.05, 4.69) is 15.3 Å². The van der Waals surface area contributed by atoms with Gasteiger partial charge in [-0.15, -0.1) is 0 Å². The number of anilines is 1. The molecule has 5 nitrogen and oxygen atoms in total. The largest absolute Gasteiger partial charge is 0.326 e. The van der Waals surface area contributed by atoms with Gasteiger partial charge in [-0.3, -0.25) is 14.8 Å². The fourth-order valence-corrected chi connectivity index (χ4v) is 2.15. The molecule has 0 spiro atoms. The lowest BCUT2D eigenvalue weighted by Gasteiger charge is -2.08. The molecule has 0 aliphatic heterocycles. The van der Waals surface area contributed by atoms with Crippen molar-refractivity contribution in [1.29, 1.82) is 0 Å². The molecule has 3 rings (SSSR count). The number of hydrogen-bond acceptors (Lipinski definition) is 4. The predicted molar refractivity (Wildman–Crippen MR) is 81.8 cm³/mol. The number of carbonyl (C=O) groups excluding carboxylic acids is 1. The minimum atomic E-state index is -0.213. The fourth-order valence-electron chi connectivity index (χ4n) is 2.15. The zero-order chi connectivity index (χ0) is 14.7. The Morgan fingerprint density at radius 1 is 1.10 bits per heavy atom. The number of hydrogen-bond donors (Lipinski definition) is 2. The number of rotatable bonds is 3. The van der Waals surface area contributed by atoms with Crippen molar-refractivity contribution < 1.29 is 4.79 Å². The van der Waals surface area contributed by atoms with Gasteiger partial charge in [-0.2, -0.15) is 0 Å². The summed E-state index contributed by atoms with van der Waals surface area (Å²) in [6.07, 6.45) is 3.18. The maximum atomic E-state index is 12.4. The van der Waals surface area contributed by atoms with Crippen LogP contribution in [0.25, 0.3) is 11.0 Å². The zero-order valence-corrected chi connectivity index (χ0v) is 11.3. The summed E-state index contributed by atoms with van der Waals surface area (Å²) in [5, 5.41) is 2.86. The van der Waals surface area contributed by atoms with Gasteiger partial charge in [0.15, 0.2) is 0 Å². The second-order valence-electron chi connectivity index (χ2n) is 4.59. The molecule has 3 N–H and O–H groups in total. The first kappa shape index (κ1) is 13.2. The van der Waals surface area contributed by atoms with Gasteiger partial charge >= 0.3 is 0 Å². The van der Waals surface area contributed by atoms with Crippen LogP contribution in [0.2, 0.25) is 0 Å². The highest BCUT2D eigenvalue weighted by Gasteiger charge is 2.11. The maximum Gasteiger partial charge on any atom is 0.257 e. The minimum absolute atomic E-state index is 0.213. The van der Waals surface area contributed by atoms with Crippen molar-refractivity contribution in [3.8, 4) is 0 Å². The van der Waals surface area contributed by atoms with Gasteiger partial charge in [0.1, 0.15) is 5.52 Å². The molecule has 0 unspecified atom stereocenters. The number of nitrogens with two attached hydrogens (primary N) is 1. The maximum absolute atomic E-state index is 12.4. The number of benzene rings is 2. The smallest absolute Gasteiger partial charge is 0.257 e. The van der Waals surface area contributed by atoms with Gasteiger partial charge in [0.05, 0.1) is 11.1 Å². The molecule has 0 saturated carbocycles. The molecule has 0 aliphatic carbocycles. The monoisotopic (exact) mass is 278 g/mol. The van der Waals surface area contributed by atoms with E-state index in [9.17, 15) is 4.79 Å². The average molecular weight is 278 g/mol. The van der Waals surface area contributed by atoms with Crippen LogP contribution in [-0.2, 0) is 6.54 Å². The van der Waals surface area contributed by atoms with E-state index in [0.717, 1.165) is 5.56 Å². The van der Waals surface area contributed by atoms with Crippen LogP contribution in [-0.4, -0.2) is 15.9 Å². The Morgan fingerprint density at radius 3 is 2.76 bits per heavy atom. The SMILES string of the molecule is NCc1cccc(NC(=O)c2cccc3nccnc23)c1. The molecule has 21 heavy (non-hydrogen) atoms. The van der Waals surface area contributed by atoms with Gasteiger partial charge in [0.2, 0.25) is 0 Å². The number of aromatic nitrogens is 2. The number of carbonyl (C=O) groups is 1. The topological polar surface area (TPSA) is 80.9 Å². The van der Waals surface area contributed by atoms with E-state index in [-0.39, 0.29) is 5.91 Å². The number of nitrogens with one attached hydrogen (secondary N) is 1. The van der Waals surface area contributed by atoms with Crippen molar-refractivity contribution in [2.45, 2.75) is 6.54 Å². The van der Waals surface area contributed by atoms with Crippen LogP contribution < -0.4 is 11.1 Å². The summed E-state index contributed by atoms with van der Waals surface area (Å²) in [5.74, 6) is -0.213. The summed E-state index contributed by atoms with van der Waals surface area (Å²) < 4.78 is 0. The number of amides is 1. The lowest BCUT2D eigenvalue weighted by molar-refractivity contribution is 0.102. The third kappa shape index (κ3) is 2.73. The van der Waals surface area contributed by atoms with Crippen LogP contribution in [0.5, 0.6) is 0 Å². The first-order chi connectivity index (χ1) is 10.3. The highest BCUT2D eigenvalue weighted by Crippen LogP contribution is 2.17. The standard InChI is InChI=1S/C16H14N4O/c17-10-11-3-1-4-12(9-11)20-16(21)13-5-2-6-14-15(13)19-8-7-18-14/h1-9H,10,17H2,(H,20,21). The Bertz CT molecular complexity index is 796. The molecule has 0 saturated heterocycles. The van der Waals surface area contributed by atoms with Crippen LogP contribution in [0.4, 0.5) is 5.69 Å². The van der Waals surface area contributed by atoms with E-state index in [4.69, 9.17) is 5.73 Å². The molecule has 0 atom stereocenters. The quantitative estimate of drug-likeness (QED) is 0.770. The van der Waals surface area contributed by atoms with E-state index in [1.165, 1.54) is 0 Å². The minimum Gasteiger partial charge on any atom is -0.326 e. The van der Waals surface area contributed by atoms with E-state index in [1.54, 1.807) is 24.5 Å². The van der Waals surface area contributed by atoms with Crippen molar-refractivity contribution in [3.63, 3.8) is 0 Å². The molecule has 1 heterocycles. The highest BCUT2D eigenvalue weighted by molar-refractivity contribution is 6.11. The summed E-state index contributed by atoms with van der Waals surface area (Å²) in [5.41, 5.74) is 9.06. The first-order valence-electron chi connectivity index (χ1n) is 6.58. The second-order valence-corrected chi connectivity index (χ2v) is 4.59. The lowest BCUT2D eigenvalue weighted by Crippen LogP contribution is -2.13. The molecule has 0 aliphatic rings. The molecule has 5 heteroatoms. The van der Waals surface area contributed by atoms with Crippen molar-refractivity contribution in [3.05, 3.63) is 66.0 Å². The molecule has 104 valence electrons. The van der Waals surface area contributed by atoms with Gasteiger partial charge in [-0.25, -0.2) is 0 Å². The summed E-state index contributed by atoms with van der Waals surface area (Å²) >= 11 is 0. The number of para-hydroxylation sites is 1. The van der Waals surface area contributed by atoms with Crippen LogP contribution in [0.15, 0.2) is 54.9 Å². The van der Waals surface area contributed by atoms with E-state index in [1.807, 2.05) is 30.3 Å². The van der Waals surface area contributed by atoms with Gasteiger partial charge in [-0.1, -0.05) is 18.2 Å². The van der Waals surface area contributed by atoms with Gasteiger partial charge in [0, 0.05) is 24.6 Å². The Hall–Kier alpha value is -2.79. The molecule has 1 aromatic heterocycles. The average Bonchev–Trinajstić information content (AvgIpc) is 2.54. The van der Waals surface area contributed by atoms with Gasteiger partial charge < -0.3 is 11.1 Å². The Labute approximate surface area is 121 Å². The Balaban J connectivity index is 1.93. The van der Waals surface area contributed by atoms with E-state index < -0.39 is 0 Å². The van der Waals surface area contributed by atoms with Crippen molar-refractivity contribution in [2.75, 3.05) is 5.32 Å². The summed E-state index contributed by atoms with van der Waals surface area (Å²) in [6.45, 7) is 0.434. The van der Waals surface area contributed by atoms with Crippen LogP contribution >= 0.6 is 0 Å². The normalized spacial score (nSPS) is 10.5. The third-order valence-corrected chi connectivity index (χ3v) is 3.16. The van der Waals surface area contributed by atoms with Crippen molar-refractivity contribution in [2.24, 2.45) is 5.73 Å². The molecule has 2 aromatic carbocycles. The lowest BCUT2D eigenvalue weighted by atomic mass is 10.1. The van der Waals surface area contributed by atoms with Crippen molar-refractivity contribution >= 4 is 22.6 Å². The summed E-state index contributed by atoms with van der Waals surface area (Å²) in [6, 6.07) is 12.8. The third-order valence-electron chi connectivity index (χ3n) is 3.16. The van der Waals surface area contributed by atoms with Crippen molar-refractivity contribution in [1.82, 2.24) is 9.97 Å². The number of nitrogens with zero attached hydrogens (tertiary/aromatic N) is 2. The fraction of sp³-hybridized carbons (Fsp3) is 0.0625. The molecule has 0 bridgehead atoms. The van der Waals surface area contributed by atoms with E-state index in [0.29, 0.717) is 28.8 Å². The molecule has 0 radical (unpaired) electrons. The predicted octanol–water partition coefficient (Wildman–Crippen LogP) is 2.34. The second kappa shape index (κ2) is 5.68. The molecule has 3 aromatic rings. The van der Waals surface area contributed by atoms with Gasteiger partial charge in [0.25, 0.3) is 5.91 Å². The highest BCUT2D eigenvalue weighted by atomic mass is 16.1. The Morgan fingerprint density at radius 2 is 1.90 bits per heavy atom. The molecule has 1 amide bonds. The molecular weight excluding hydrogens is 264 g/mol. The van der Waals surface area contributed by atoms with E-state index >= 15 is 0 Å². The Kier molecular flexibility index (Phi) is 3.57. The van der Waals surface area contributed by atoms with Crippen LogP contribution in [0.3, 0.4) is 0 Å². The molecule has 0 fully saturated rings. The van der Waals surface area contributed by atoms with Crippen LogP contribution in [0.1, 0.15) is 15.9 Å². The van der Waals surface area contributed by atoms with Crippen LogP contribution in [0, 0.1) is 0 Å². The number of fused-ring (bicyclic) bond motifs is 1. The molecular formula is C16H14N4O.